The molecule has 162 valence electrons. The maximum absolute atomic E-state index is 12.9. The van der Waals surface area contributed by atoms with Gasteiger partial charge in [0.05, 0.1) is 0 Å². The van der Waals surface area contributed by atoms with Gasteiger partial charge >= 0.3 is 5.69 Å². The number of amides is 1. The van der Waals surface area contributed by atoms with E-state index in [1.165, 1.54) is 25.8 Å². The Hall–Kier alpha value is -3.94. The van der Waals surface area contributed by atoms with E-state index in [0.29, 0.717) is 23.7 Å². The first-order valence-corrected chi connectivity index (χ1v) is 10.8. The van der Waals surface area contributed by atoms with Crippen molar-refractivity contribution < 1.29 is 4.79 Å². The minimum Gasteiger partial charge on any atom is -0.349 e. The summed E-state index contributed by atoms with van der Waals surface area (Å²) in [6.07, 6.45) is 5.03. The summed E-state index contributed by atoms with van der Waals surface area (Å²) in [6, 6.07) is 16.0. The third-order valence-corrected chi connectivity index (χ3v) is 5.85. The molecule has 0 spiro atoms. The highest BCUT2D eigenvalue weighted by atomic mass is 16.2. The first kappa shape index (κ1) is 20.0. The summed E-state index contributed by atoms with van der Waals surface area (Å²) in [5.74, 6) is 0.342. The zero-order valence-electron chi connectivity index (χ0n) is 17.9. The average molecular weight is 428 g/mol. The number of benzene rings is 2. The molecule has 0 aliphatic carbocycles. The molecule has 0 atom stereocenters. The smallest absolute Gasteiger partial charge is 0.349 e. The molecule has 8 heteroatoms. The highest BCUT2D eigenvalue weighted by Crippen LogP contribution is 2.24. The molecule has 1 amide bonds. The van der Waals surface area contributed by atoms with Crippen molar-refractivity contribution >= 4 is 23.1 Å². The Morgan fingerprint density at radius 2 is 1.88 bits per heavy atom. The monoisotopic (exact) mass is 428 g/mol. The van der Waals surface area contributed by atoms with Gasteiger partial charge < -0.3 is 10.2 Å². The molecule has 0 saturated heterocycles. The fourth-order valence-electron chi connectivity index (χ4n) is 4.10. The predicted molar refractivity (Wildman–Crippen MR) is 123 cm³/mol. The molecule has 0 radical (unpaired) electrons. The maximum Gasteiger partial charge on any atom is 0.350 e. The molecule has 1 aliphatic rings. The van der Waals surface area contributed by atoms with Crippen molar-refractivity contribution in [1.82, 2.24) is 19.2 Å². The maximum atomic E-state index is 12.9. The second-order valence-corrected chi connectivity index (χ2v) is 7.92. The fourth-order valence-corrected chi connectivity index (χ4v) is 4.10. The summed E-state index contributed by atoms with van der Waals surface area (Å²) in [5, 5.41) is 7.28. The fraction of sp³-hybridized carbons (Fsp3) is 0.250. The third kappa shape index (κ3) is 3.75. The number of fused-ring (bicyclic) bond motifs is 2. The van der Waals surface area contributed by atoms with E-state index in [4.69, 9.17) is 0 Å². The van der Waals surface area contributed by atoms with Crippen molar-refractivity contribution in [3.8, 4) is 0 Å². The van der Waals surface area contributed by atoms with Crippen LogP contribution < -0.4 is 15.9 Å². The van der Waals surface area contributed by atoms with E-state index in [0.717, 1.165) is 19.4 Å². The summed E-state index contributed by atoms with van der Waals surface area (Å²) in [5.41, 5.74) is 4.56. The first-order chi connectivity index (χ1) is 15.6. The van der Waals surface area contributed by atoms with E-state index < -0.39 is 0 Å². The lowest BCUT2D eigenvalue weighted by Gasteiger charge is -2.29. The quantitative estimate of drug-likeness (QED) is 0.528. The van der Waals surface area contributed by atoms with Crippen LogP contribution in [0.25, 0.3) is 5.65 Å². The Morgan fingerprint density at radius 1 is 1.09 bits per heavy atom. The number of anilines is 2. The second kappa shape index (κ2) is 8.30. The Balaban J connectivity index is 1.39. The SMILES string of the molecule is CCc1ccc(NC(=O)Cn2nc3c(N4CCc5ccccc5C4)nccn3c2=O)cc1. The molecule has 2 aromatic heterocycles. The molecule has 0 bridgehead atoms. The number of nitrogens with zero attached hydrogens (tertiary/aromatic N) is 5. The Morgan fingerprint density at radius 3 is 2.66 bits per heavy atom. The van der Waals surface area contributed by atoms with Crippen LogP contribution in [0.3, 0.4) is 0 Å². The first-order valence-electron chi connectivity index (χ1n) is 10.8. The van der Waals surface area contributed by atoms with Gasteiger partial charge in [0.2, 0.25) is 11.6 Å². The van der Waals surface area contributed by atoms with Crippen LogP contribution in [0, 0.1) is 0 Å². The molecular weight excluding hydrogens is 404 g/mol. The van der Waals surface area contributed by atoms with Gasteiger partial charge in [-0.3, -0.25) is 4.79 Å². The van der Waals surface area contributed by atoms with E-state index >= 15 is 0 Å². The zero-order valence-corrected chi connectivity index (χ0v) is 17.9. The van der Waals surface area contributed by atoms with Crippen LogP contribution in [0.2, 0.25) is 0 Å². The Kier molecular flexibility index (Phi) is 5.18. The molecular formula is C24H24N6O2. The van der Waals surface area contributed by atoms with Gasteiger partial charge in [0.15, 0.2) is 5.82 Å². The lowest BCUT2D eigenvalue weighted by atomic mass is 10.00. The van der Waals surface area contributed by atoms with Gasteiger partial charge in [-0.05, 0) is 41.7 Å². The minimum atomic E-state index is -0.363. The van der Waals surface area contributed by atoms with Gasteiger partial charge in [-0.15, -0.1) is 5.10 Å². The van der Waals surface area contributed by atoms with Crippen LogP contribution in [0.5, 0.6) is 0 Å². The highest BCUT2D eigenvalue weighted by molar-refractivity contribution is 5.90. The topological polar surface area (TPSA) is 84.5 Å². The lowest BCUT2D eigenvalue weighted by Crippen LogP contribution is -2.31. The van der Waals surface area contributed by atoms with E-state index in [1.807, 2.05) is 30.3 Å². The molecule has 1 aliphatic heterocycles. The number of hydrogen-bond donors (Lipinski definition) is 1. The third-order valence-electron chi connectivity index (χ3n) is 5.85. The number of carbonyl (C=O) groups excluding carboxylic acids is 1. The van der Waals surface area contributed by atoms with E-state index in [2.05, 4.69) is 45.4 Å². The van der Waals surface area contributed by atoms with Gasteiger partial charge in [0.1, 0.15) is 6.54 Å². The number of aryl methyl sites for hydroxylation is 1. The van der Waals surface area contributed by atoms with E-state index in [1.54, 1.807) is 12.4 Å². The van der Waals surface area contributed by atoms with Gasteiger partial charge in [-0.2, -0.15) is 0 Å². The van der Waals surface area contributed by atoms with Crippen molar-refractivity contribution in [2.45, 2.75) is 32.9 Å². The molecule has 8 nitrogen and oxygen atoms in total. The van der Waals surface area contributed by atoms with Gasteiger partial charge in [-0.1, -0.05) is 43.3 Å². The molecule has 4 aromatic rings. The largest absolute Gasteiger partial charge is 0.350 e. The van der Waals surface area contributed by atoms with Gasteiger partial charge in [0.25, 0.3) is 0 Å². The molecule has 0 saturated carbocycles. The number of rotatable bonds is 5. The molecule has 0 unspecified atom stereocenters. The van der Waals surface area contributed by atoms with Crippen LogP contribution in [0.15, 0.2) is 65.7 Å². The van der Waals surface area contributed by atoms with Crippen LogP contribution >= 0.6 is 0 Å². The molecule has 0 fully saturated rings. The minimum absolute atomic E-state index is 0.168. The Bertz CT molecular complexity index is 1340. The summed E-state index contributed by atoms with van der Waals surface area (Å²) in [6.45, 7) is 3.41. The van der Waals surface area contributed by atoms with Crippen molar-refractivity contribution in [2.24, 2.45) is 0 Å². The number of hydrogen-bond acceptors (Lipinski definition) is 5. The number of aromatic nitrogens is 4. The van der Waals surface area contributed by atoms with Crippen molar-refractivity contribution in [3.05, 3.63) is 88.1 Å². The van der Waals surface area contributed by atoms with Gasteiger partial charge in [-0.25, -0.2) is 18.9 Å². The zero-order chi connectivity index (χ0) is 22.1. The van der Waals surface area contributed by atoms with E-state index in [9.17, 15) is 9.59 Å². The van der Waals surface area contributed by atoms with Crippen LogP contribution in [0.1, 0.15) is 23.6 Å². The van der Waals surface area contributed by atoms with Crippen LogP contribution in [-0.4, -0.2) is 31.6 Å². The summed E-state index contributed by atoms with van der Waals surface area (Å²) in [4.78, 5) is 32.1. The van der Waals surface area contributed by atoms with Crippen LogP contribution in [0.4, 0.5) is 11.5 Å². The number of carbonyl (C=O) groups is 1. The van der Waals surface area contributed by atoms with Gasteiger partial charge in [0, 0.05) is 31.2 Å². The predicted octanol–water partition coefficient (Wildman–Crippen LogP) is 2.65. The summed E-state index contributed by atoms with van der Waals surface area (Å²) >= 11 is 0. The number of nitrogens with one attached hydrogen (secondary N) is 1. The highest BCUT2D eigenvalue weighted by Gasteiger charge is 2.22. The van der Waals surface area contributed by atoms with Crippen molar-refractivity contribution in [2.75, 3.05) is 16.8 Å². The molecule has 5 rings (SSSR count). The lowest BCUT2D eigenvalue weighted by molar-refractivity contribution is -0.117. The normalized spacial score (nSPS) is 13.2. The van der Waals surface area contributed by atoms with Crippen molar-refractivity contribution in [3.63, 3.8) is 0 Å². The average Bonchev–Trinajstić information content (AvgIpc) is 3.14. The second-order valence-electron chi connectivity index (χ2n) is 7.92. The summed E-state index contributed by atoms with van der Waals surface area (Å²) in [7, 11) is 0. The molecule has 32 heavy (non-hydrogen) atoms. The van der Waals surface area contributed by atoms with E-state index in [-0.39, 0.29) is 18.1 Å². The molecule has 2 aromatic carbocycles. The molecule has 1 N–H and O–H groups in total. The molecule has 3 heterocycles. The van der Waals surface area contributed by atoms with Crippen molar-refractivity contribution in [1.29, 1.82) is 0 Å². The van der Waals surface area contributed by atoms with Crippen LogP contribution in [-0.2, 0) is 30.7 Å². The standard InChI is InChI=1S/C24H24N6O2/c1-2-17-7-9-20(10-8-17)26-21(31)16-30-24(32)29-14-12-25-22(23(29)27-30)28-13-11-18-5-3-4-6-19(18)15-28/h3-10,12,14H,2,11,13,15-16H2,1H3,(H,26,31). The summed E-state index contributed by atoms with van der Waals surface area (Å²) < 4.78 is 2.64. The Labute approximate surface area is 185 Å².